The standard InChI is InChI=1S/C21H44BN7O5/c23-7-10-25-14-17(15-26-11-8-24)13-20(31)27-9-3-1-2-6-19(30)28-16-21(32)29-12-4-5-18(29)22(33)34/h17-18,25-26,33-34H,1-16,23-24H2,(H,27,31)(H,28,30). The number of unbranched alkanes of at least 4 members (excludes halogenated alkanes) is 2. The maximum atomic E-state index is 12.2. The van der Waals surface area contributed by atoms with E-state index in [-0.39, 0.29) is 30.2 Å². The molecule has 3 amide bonds. The number of carbonyl (C=O) groups excluding carboxylic acids is 3. The molecule has 1 unspecified atom stereocenters. The number of likely N-dealkylation sites (tertiary alicyclic amines) is 1. The van der Waals surface area contributed by atoms with Gasteiger partial charge in [-0.25, -0.2) is 0 Å². The van der Waals surface area contributed by atoms with Crippen molar-refractivity contribution in [2.45, 2.75) is 50.9 Å². The van der Waals surface area contributed by atoms with E-state index in [4.69, 9.17) is 11.5 Å². The summed E-state index contributed by atoms with van der Waals surface area (Å²) in [6, 6.07) is 0. The first-order valence-electron chi connectivity index (χ1n) is 12.4. The van der Waals surface area contributed by atoms with Gasteiger partial charge in [-0.1, -0.05) is 6.42 Å². The van der Waals surface area contributed by atoms with Gasteiger partial charge in [0.25, 0.3) is 0 Å². The first-order valence-corrected chi connectivity index (χ1v) is 12.4. The lowest BCUT2D eigenvalue weighted by atomic mass is 9.78. The van der Waals surface area contributed by atoms with Crippen LogP contribution in [0.25, 0.3) is 0 Å². The predicted octanol–water partition coefficient (Wildman–Crippen LogP) is -3.11. The number of nitrogens with zero attached hydrogens (tertiary/aromatic N) is 1. The Morgan fingerprint density at radius 2 is 1.62 bits per heavy atom. The molecule has 0 aromatic rings. The summed E-state index contributed by atoms with van der Waals surface area (Å²) in [4.78, 5) is 37.8. The summed E-state index contributed by atoms with van der Waals surface area (Å²) in [7, 11) is -1.56. The topological polar surface area (TPSA) is 195 Å². The second-order valence-electron chi connectivity index (χ2n) is 8.70. The maximum absolute atomic E-state index is 12.2. The van der Waals surface area contributed by atoms with E-state index in [9.17, 15) is 24.4 Å². The van der Waals surface area contributed by atoms with Crippen LogP contribution in [0.2, 0.25) is 0 Å². The average Bonchev–Trinajstić information content (AvgIpc) is 3.30. The largest absolute Gasteiger partial charge is 0.475 e. The molecule has 34 heavy (non-hydrogen) atoms. The molecule has 0 aromatic heterocycles. The van der Waals surface area contributed by atoms with Crippen molar-refractivity contribution in [1.29, 1.82) is 0 Å². The average molecular weight is 485 g/mol. The van der Waals surface area contributed by atoms with E-state index in [0.29, 0.717) is 78.0 Å². The molecule has 1 aliphatic heterocycles. The molecule has 1 saturated heterocycles. The molecule has 12 nitrogen and oxygen atoms in total. The summed E-state index contributed by atoms with van der Waals surface area (Å²) < 4.78 is 0. The predicted molar refractivity (Wildman–Crippen MR) is 131 cm³/mol. The molecule has 0 bridgehead atoms. The molecule has 1 rings (SSSR count). The van der Waals surface area contributed by atoms with Crippen LogP contribution in [-0.2, 0) is 14.4 Å². The van der Waals surface area contributed by atoms with Gasteiger partial charge in [0.1, 0.15) is 0 Å². The molecule has 1 aliphatic rings. The van der Waals surface area contributed by atoms with Crippen LogP contribution >= 0.6 is 0 Å². The van der Waals surface area contributed by atoms with Crippen molar-refractivity contribution in [3.05, 3.63) is 0 Å². The first-order chi connectivity index (χ1) is 16.4. The van der Waals surface area contributed by atoms with Crippen LogP contribution in [0.15, 0.2) is 0 Å². The normalized spacial score (nSPS) is 15.6. The van der Waals surface area contributed by atoms with Crippen LogP contribution in [0.1, 0.15) is 44.9 Å². The molecular weight excluding hydrogens is 441 g/mol. The number of hydrogen-bond acceptors (Lipinski definition) is 9. The van der Waals surface area contributed by atoms with Crippen molar-refractivity contribution < 1.29 is 24.4 Å². The number of amides is 3. The second kappa shape index (κ2) is 18.5. The van der Waals surface area contributed by atoms with Crippen molar-refractivity contribution in [3.63, 3.8) is 0 Å². The fourth-order valence-corrected chi connectivity index (χ4v) is 3.96. The zero-order valence-corrected chi connectivity index (χ0v) is 20.3. The zero-order chi connectivity index (χ0) is 25.2. The summed E-state index contributed by atoms with van der Waals surface area (Å²) in [6.45, 7) is 4.82. The molecule has 0 aliphatic carbocycles. The van der Waals surface area contributed by atoms with Crippen molar-refractivity contribution >= 4 is 24.8 Å². The highest BCUT2D eigenvalue weighted by Crippen LogP contribution is 2.17. The lowest BCUT2D eigenvalue weighted by molar-refractivity contribution is -0.132. The van der Waals surface area contributed by atoms with Crippen molar-refractivity contribution in [2.24, 2.45) is 17.4 Å². The molecule has 196 valence electrons. The Hall–Kier alpha value is -1.77. The van der Waals surface area contributed by atoms with Gasteiger partial charge in [-0.15, -0.1) is 0 Å². The highest BCUT2D eigenvalue weighted by atomic mass is 16.4. The molecule has 10 N–H and O–H groups in total. The molecular formula is C21H44BN7O5. The second-order valence-corrected chi connectivity index (χ2v) is 8.70. The molecule has 0 spiro atoms. The van der Waals surface area contributed by atoms with Gasteiger partial charge in [-0.05, 0) is 44.7 Å². The fraction of sp³-hybridized carbons (Fsp3) is 0.857. The number of carbonyl (C=O) groups is 3. The van der Waals surface area contributed by atoms with Crippen molar-refractivity contribution in [1.82, 2.24) is 26.2 Å². The first kappa shape index (κ1) is 30.3. The molecule has 0 saturated carbocycles. The highest BCUT2D eigenvalue weighted by molar-refractivity contribution is 6.43. The van der Waals surface area contributed by atoms with E-state index in [0.717, 1.165) is 19.3 Å². The van der Waals surface area contributed by atoms with Crippen molar-refractivity contribution in [3.8, 4) is 0 Å². The maximum Gasteiger partial charge on any atom is 0.475 e. The quantitative estimate of drug-likeness (QED) is 0.0690. The van der Waals surface area contributed by atoms with Gasteiger partial charge >= 0.3 is 7.12 Å². The van der Waals surface area contributed by atoms with Gasteiger partial charge in [-0.2, -0.15) is 0 Å². The van der Waals surface area contributed by atoms with E-state index < -0.39 is 13.1 Å². The van der Waals surface area contributed by atoms with Gasteiger partial charge in [0.15, 0.2) is 0 Å². The Kier molecular flexibility index (Phi) is 16.5. The minimum absolute atomic E-state index is 0.00133. The van der Waals surface area contributed by atoms with Gasteiger partial charge in [0, 0.05) is 52.1 Å². The number of nitrogens with one attached hydrogen (secondary N) is 4. The summed E-state index contributed by atoms with van der Waals surface area (Å²) in [5.41, 5.74) is 11.0. The summed E-state index contributed by atoms with van der Waals surface area (Å²) >= 11 is 0. The lowest BCUT2D eigenvalue weighted by Crippen LogP contribution is -2.48. The number of rotatable bonds is 19. The highest BCUT2D eigenvalue weighted by Gasteiger charge is 2.36. The van der Waals surface area contributed by atoms with Crippen LogP contribution in [0.5, 0.6) is 0 Å². The van der Waals surface area contributed by atoms with E-state index >= 15 is 0 Å². The lowest BCUT2D eigenvalue weighted by Gasteiger charge is -2.24. The third-order valence-corrected chi connectivity index (χ3v) is 5.79. The number of hydrogen-bond donors (Lipinski definition) is 8. The Balaban J connectivity index is 2.13. The van der Waals surface area contributed by atoms with Crippen LogP contribution in [-0.4, -0.2) is 105 Å². The molecule has 0 radical (unpaired) electrons. The van der Waals surface area contributed by atoms with Gasteiger partial charge in [0.2, 0.25) is 17.7 Å². The molecule has 1 atom stereocenters. The smallest absolute Gasteiger partial charge is 0.426 e. The van der Waals surface area contributed by atoms with Gasteiger partial charge in [0.05, 0.1) is 12.5 Å². The Bertz CT molecular complexity index is 590. The molecule has 13 heteroatoms. The minimum atomic E-state index is -1.56. The third-order valence-electron chi connectivity index (χ3n) is 5.79. The third kappa shape index (κ3) is 13.2. The van der Waals surface area contributed by atoms with Crippen molar-refractivity contribution in [2.75, 3.05) is 58.9 Å². The van der Waals surface area contributed by atoms with Crippen LogP contribution in [0.4, 0.5) is 0 Å². The Labute approximate surface area is 203 Å². The summed E-state index contributed by atoms with van der Waals surface area (Å²) in [5, 5.41) is 30.7. The molecule has 1 heterocycles. The summed E-state index contributed by atoms with van der Waals surface area (Å²) in [5.74, 6) is -0.962. The van der Waals surface area contributed by atoms with Crippen LogP contribution in [0.3, 0.4) is 0 Å². The van der Waals surface area contributed by atoms with E-state index in [1.54, 1.807) is 0 Å². The van der Waals surface area contributed by atoms with Crippen LogP contribution in [0, 0.1) is 5.92 Å². The molecule has 0 aromatic carbocycles. The number of nitrogens with two attached hydrogens (primary N) is 2. The fourth-order valence-electron chi connectivity index (χ4n) is 3.96. The Morgan fingerprint density at radius 3 is 2.24 bits per heavy atom. The SMILES string of the molecule is NCCNCC(CNCCN)CC(=O)NCCCCCC(=O)NCC(=O)N1CCCC1B(O)O. The van der Waals surface area contributed by atoms with E-state index in [1.165, 1.54) is 4.90 Å². The summed E-state index contributed by atoms with van der Waals surface area (Å²) in [6.07, 6.45) is 4.19. The van der Waals surface area contributed by atoms with Gasteiger partial charge < -0.3 is 47.7 Å². The molecule has 1 fully saturated rings. The monoisotopic (exact) mass is 485 g/mol. The van der Waals surface area contributed by atoms with E-state index in [1.807, 2.05) is 0 Å². The Morgan fingerprint density at radius 1 is 0.941 bits per heavy atom. The van der Waals surface area contributed by atoms with Crippen LogP contribution < -0.4 is 32.7 Å². The van der Waals surface area contributed by atoms with Gasteiger partial charge in [-0.3, -0.25) is 14.4 Å². The van der Waals surface area contributed by atoms with E-state index in [2.05, 4.69) is 21.3 Å². The zero-order valence-electron chi connectivity index (χ0n) is 20.3. The minimum Gasteiger partial charge on any atom is -0.426 e.